The Morgan fingerprint density at radius 2 is 1.85 bits per heavy atom. The molecule has 6 nitrogen and oxygen atoms in total. The van der Waals surface area contributed by atoms with Gasteiger partial charge in [-0.25, -0.2) is 0 Å². The summed E-state index contributed by atoms with van der Waals surface area (Å²) in [4.78, 5) is 29.8. The van der Waals surface area contributed by atoms with Gasteiger partial charge in [0.25, 0.3) is 5.91 Å². The van der Waals surface area contributed by atoms with Crippen LogP contribution in [0.15, 0.2) is 65.4 Å². The van der Waals surface area contributed by atoms with E-state index in [1.165, 1.54) is 17.4 Å². The van der Waals surface area contributed by atoms with Gasteiger partial charge in [-0.1, -0.05) is 38.1 Å². The van der Waals surface area contributed by atoms with Gasteiger partial charge in [0.15, 0.2) is 5.76 Å². The number of hydrogen-bond acceptors (Lipinski definition) is 3. The van der Waals surface area contributed by atoms with Crippen LogP contribution < -0.4 is 0 Å². The van der Waals surface area contributed by atoms with Crippen LogP contribution in [0.3, 0.4) is 0 Å². The minimum absolute atomic E-state index is 0.0379. The Labute approximate surface area is 196 Å². The minimum atomic E-state index is -0.248. The first-order chi connectivity index (χ1) is 15.9. The van der Waals surface area contributed by atoms with Crippen molar-refractivity contribution in [1.82, 2.24) is 14.4 Å². The Balaban J connectivity index is 1.77. The molecule has 0 bridgehead atoms. The van der Waals surface area contributed by atoms with Gasteiger partial charge in [-0.15, -0.1) is 0 Å². The van der Waals surface area contributed by atoms with Crippen molar-refractivity contribution in [1.29, 1.82) is 0 Å². The minimum Gasteiger partial charge on any atom is -0.459 e. The Bertz CT molecular complexity index is 1040. The highest BCUT2D eigenvalue weighted by molar-refractivity contribution is 5.94. The van der Waals surface area contributed by atoms with Crippen molar-refractivity contribution in [3.05, 3.63) is 83.6 Å². The topological polar surface area (TPSA) is 58.7 Å². The predicted molar refractivity (Wildman–Crippen MR) is 130 cm³/mol. The van der Waals surface area contributed by atoms with Crippen LogP contribution in [0.2, 0.25) is 0 Å². The molecule has 0 fully saturated rings. The highest BCUT2D eigenvalue weighted by atomic mass is 16.3. The van der Waals surface area contributed by atoms with Crippen LogP contribution in [-0.2, 0) is 17.9 Å². The van der Waals surface area contributed by atoms with Crippen LogP contribution in [0, 0.1) is 6.92 Å². The molecule has 0 aliphatic carbocycles. The van der Waals surface area contributed by atoms with E-state index in [0.29, 0.717) is 13.1 Å². The third kappa shape index (κ3) is 6.15. The smallest absolute Gasteiger partial charge is 0.290 e. The fraction of sp³-hybridized carbons (Fsp3) is 0.407. The average Bonchev–Trinajstić information content (AvgIpc) is 3.50. The number of rotatable bonds is 11. The first-order valence-electron chi connectivity index (χ1n) is 11.7. The van der Waals surface area contributed by atoms with Gasteiger partial charge in [-0.05, 0) is 62.1 Å². The van der Waals surface area contributed by atoms with Crippen LogP contribution in [-0.4, -0.2) is 45.3 Å². The maximum absolute atomic E-state index is 13.4. The van der Waals surface area contributed by atoms with E-state index in [1.54, 1.807) is 17.0 Å². The summed E-state index contributed by atoms with van der Waals surface area (Å²) in [5.41, 5.74) is 3.58. The molecule has 1 aromatic carbocycles. The molecule has 0 aliphatic rings. The van der Waals surface area contributed by atoms with Crippen molar-refractivity contribution in [2.24, 2.45) is 0 Å². The Hall–Kier alpha value is -3.28. The second-order valence-electron chi connectivity index (χ2n) is 8.54. The van der Waals surface area contributed by atoms with E-state index in [4.69, 9.17) is 4.42 Å². The Morgan fingerprint density at radius 1 is 1.06 bits per heavy atom. The summed E-state index contributed by atoms with van der Waals surface area (Å²) in [5, 5.41) is 0. The standard InChI is InChI=1S/C27H35N3O3/c1-5-15-29(27(32)25-14-10-17-33-25)20-26(31)30(22(4)6-2)19-24-13-9-16-28(24)18-23-12-8-7-11-21(23)3/h7-14,16-17,22H,5-6,15,18-20H2,1-4H3. The van der Waals surface area contributed by atoms with Crippen LogP contribution in [0.4, 0.5) is 0 Å². The van der Waals surface area contributed by atoms with Crippen molar-refractivity contribution in [2.45, 2.75) is 59.7 Å². The monoisotopic (exact) mass is 449 g/mol. The van der Waals surface area contributed by atoms with E-state index < -0.39 is 0 Å². The third-order valence-electron chi connectivity index (χ3n) is 6.14. The number of nitrogens with zero attached hydrogens (tertiary/aromatic N) is 3. The lowest BCUT2D eigenvalue weighted by atomic mass is 10.1. The summed E-state index contributed by atoms with van der Waals surface area (Å²) >= 11 is 0. The predicted octanol–water partition coefficient (Wildman–Crippen LogP) is 5.12. The van der Waals surface area contributed by atoms with Gasteiger partial charge in [-0.2, -0.15) is 0 Å². The average molecular weight is 450 g/mol. The molecule has 0 radical (unpaired) electrons. The second-order valence-corrected chi connectivity index (χ2v) is 8.54. The SMILES string of the molecule is CCCN(CC(=O)N(Cc1cccn1Cc1ccccc1C)C(C)CC)C(=O)c1ccco1. The van der Waals surface area contributed by atoms with E-state index in [1.807, 2.05) is 24.0 Å². The van der Waals surface area contributed by atoms with Crippen molar-refractivity contribution < 1.29 is 14.0 Å². The number of aromatic nitrogens is 1. The van der Waals surface area contributed by atoms with Gasteiger partial charge >= 0.3 is 0 Å². The third-order valence-corrected chi connectivity index (χ3v) is 6.14. The molecule has 0 spiro atoms. The maximum Gasteiger partial charge on any atom is 0.290 e. The Morgan fingerprint density at radius 3 is 2.52 bits per heavy atom. The van der Waals surface area contributed by atoms with Crippen molar-refractivity contribution in [3.8, 4) is 0 Å². The summed E-state index contributed by atoms with van der Waals surface area (Å²) in [6, 6.07) is 15.8. The summed E-state index contributed by atoms with van der Waals surface area (Å²) in [6.07, 6.45) is 5.14. The highest BCUT2D eigenvalue weighted by Gasteiger charge is 2.26. The summed E-state index contributed by atoms with van der Waals surface area (Å²) in [7, 11) is 0. The zero-order valence-corrected chi connectivity index (χ0v) is 20.2. The van der Waals surface area contributed by atoms with Gasteiger partial charge < -0.3 is 18.8 Å². The number of benzene rings is 1. The fourth-order valence-electron chi connectivity index (χ4n) is 3.94. The van der Waals surface area contributed by atoms with E-state index in [2.05, 4.69) is 55.8 Å². The van der Waals surface area contributed by atoms with E-state index >= 15 is 0 Å². The lowest BCUT2D eigenvalue weighted by Gasteiger charge is -2.31. The molecule has 2 amide bonds. The molecule has 1 unspecified atom stereocenters. The van der Waals surface area contributed by atoms with Crippen molar-refractivity contribution in [2.75, 3.05) is 13.1 Å². The van der Waals surface area contributed by atoms with Gasteiger partial charge in [0, 0.05) is 31.0 Å². The molecule has 33 heavy (non-hydrogen) atoms. The lowest BCUT2D eigenvalue weighted by Crippen LogP contribution is -2.46. The van der Waals surface area contributed by atoms with Crippen LogP contribution in [0.5, 0.6) is 0 Å². The number of carbonyl (C=O) groups excluding carboxylic acids is 2. The Kier molecular flexibility index (Phi) is 8.52. The zero-order valence-electron chi connectivity index (χ0n) is 20.2. The molecule has 2 aromatic heterocycles. The molecule has 0 aliphatic heterocycles. The lowest BCUT2D eigenvalue weighted by molar-refractivity contribution is -0.134. The summed E-state index contributed by atoms with van der Waals surface area (Å²) in [6.45, 7) is 10.1. The van der Waals surface area contributed by atoms with E-state index in [0.717, 1.165) is 25.1 Å². The van der Waals surface area contributed by atoms with Crippen LogP contribution in [0.25, 0.3) is 0 Å². The van der Waals surface area contributed by atoms with Crippen molar-refractivity contribution in [3.63, 3.8) is 0 Å². The molecular weight excluding hydrogens is 414 g/mol. The number of carbonyl (C=O) groups is 2. The van der Waals surface area contributed by atoms with E-state index in [-0.39, 0.29) is 30.2 Å². The number of furan rings is 1. The van der Waals surface area contributed by atoms with E-state index in [9.17, 15) is 9.59 Å². The first-order valence-corrected chi connectivity index (χ1v) is 11.7. The number of amides is 2. The molecule has 3 aromatic rings. The maximum atomic E-state index is 13.4. The molecular formula is C27H35N3O3. The van der Waals surface area contributed by atoms with Gasteiger partial charge in [-0.3, -0.25) is 9.59 Å². The normalized spacial score (nSPS) is 11.9. The molecule has 176 valence electrons. The molecule has 2 heterocycles. The largest absolute Gasteiger partial charge is 0.459 e. The zero-order chi connectivity index (χ0) is 23.8. The second kappa shape index (κ2) is 11.5. The summed E-state index contributed by atoms with van der Waals surface area (Å²) in [5.74, 6) is -0.0398. The molecule has 0 N–H and O–H groups in total. The van der Waals surface area contributed by atoms with Gasteiger partial charge in [0.2, 0.25) is 5.91 Å². The quantitative estimate of drug-likeness (QED) is 0.408. The number of hydrogen-bond donors (Lipinski definition) is 0. The highest BCUT2D eigenvalue weighted by Crippen LogP contribution is 2.17. The molecule has 1 atom stereocenters. The summed E-state index contributed by atoms with van der Waals surface area (Å²) < 4.78 is 7.48. The molecule has 0 saturated heterocycles. The fourth-order valence-corrected chi connectivity index (χ4v) is 3.94. The van der Waals surface area contributed by atoms with Gasteiger partial charge in [0.1, 0.15) is 6.54 Å². The number of aryl methyl sites for hydroxylation is 1. The van der Waals surface area contributed by atoms with Crippen LogP contribution >= 0.6 is 0 Å². The molecule has 6 heteroatoms. The molecule has 0 saturated carbocycles. The molecule has 3 rings (SSSR count). The van der Waals surface area contributed by atoms with Crippen LogP contribution in [0.1, 0.15) is 61.0 Å². The first kappa shape index (κ1) is 24.4. The van der Waals surface area contributed by atoms with Gasteiger partial charge in [0.05, 0.1) is 12.8 Å². The van der Waals surface area contributed by atoms with Crippen molar-refractivity contribution >= 4 is 11.8 Å².